The molecule has 0 saturated heterocycles. The Labute approximate surface area is 103 Å². The van der Waals surface area contributed by atoms with Crippen LogP contribution in [0.2, 0.25) is 0 Å². The van der Waals surface area contributed by atoms with E-state index in [1.54, 1.807) is 6.92 Å². The summed E-state index contributed by atoms with van der Waals surface area (Å²) < 4.78 is 35.8. The van der Waals surface area contributed by atoms with Crippen LogP contribution in [0.3, 0.4) is 0 Å². The maximum Gasteiger partial charge on any atom is 0.390 e. The van der Waals surface area contributed by atoms with E-state index in [2.05, 4.69) is 5.32 Å². The minimum absolute atomic E-state index is 0.230. The summed E-state index contributed by atoms with van der Waals surface area (Å²) >= 11 is 0. The third-order valence-electron chi connectivity index (χ3n) is 2.25. The molecular weight excluding hydrogens is 253 g/mol. The van der Waals surface area contributed by atoms with Crippen LogP contribution in [0.25, 0.3) is 0 Å². The van der Waals surface area contributed by atoms with Crippen LogP contribution in [0.15, 0.2) is 0 Å². The number of carbonyl (C=O) groups excluding carboxylic acids is 1. The number of aliphatic carboxylic acids is 1. The number of halogens is 3. The molecule has 0 rings (SSSR count). The van der Waals surface area contributed by atoms with E-state index < -0.39 is 37.2 Å². The van der Waals surface area contributed by atoms with Gasteiger partial charge < -0.3 is 15.3 Å². The summed E-state index contributed by atoms with van der Waals surface area (Å²) in [6.07, 6.45) is -4.69. The lowest BCUT2D eigenvalue weighted by Gasteiger charge is -2.21. The highest BCUT2D eigenvalue weighted by Crippen LogP contribution is 2.19. The summed E-state index contributed by atoms with van der Waals surface area (Å²) in [4.78, 5) is 23.0. The molecule has 0 aromatic heterocycles. The molecule has 0 heterocycles. The smallest absolute Gasteiger partial charge is 0.390 e. The number of rotatable bonds is 6. The fourth-order valence-electron chi connectivity index (χ4n) is 1.20. The first-order chi connectivity index (χ1) is 8.17. The number of alkyl halides is 3. The van der Waals surface area contributed by atoms with Gasteiger partial charge in [-0.15, -0.1) is 0 Å². The Bertz CT molecular complexity index is 295. The summed E-state index contributed by atoms with van der Waals surface area (Å²) in [7, 11) is 1.19. The van der Waals surface area contributed by atoms with E-state index in [-0.39, 0.29) is 6.42 Å². The van der Waals surface area contributed by atoms with Crippen molar-refractivity contribution in [1.29, 1.82) is 0 Å². The molecule has 0 spiro atoms. The van der Waals surface area contributed by atoms with Crippen molar-refractivity contribution in [2.24, 2.45) is 0 Å². The Morgan fingerprint density at radius 2 is 1.94 bits per heavy atom. The lowest BCUT2D eigenvalue weighted by molar-refractivity contribution is -0.140. The number of amides is 2. The molecule has 0 radical (unpaired) electrons. The molecule has 0 aromatic carbocycles. The molecule has 0 fully saturated rings. The highest BCUT2D eigenvalue weighted by Gasteiger charge is 2.28. The van der Waals surface area contributed by atoms with Crippen molar-refractivity contribution in [3.63, 3.8) is 0 Å². The van der Waals surface area contributed by atoms with Gasteiger partial charge in [0, 0.05) is 13.6 Å². The Kier molecular flexibility index (Phi) is 6.50. The average Bonchev–Trinajstić information content (AvgIpc) is 2.23. The fourth-order valence-corrected chi connectivity index (χ4v) is 1.20. The highest BCUT2D eigenvalue weighted by atomic mass is 19.4. The van der Waals surface area contributed by atoms with Gasteiger partial charge in [-0.2, -0.15) is 13.2 Å². The minimum Gasteiger partial charge on any atom is -0.480 e. The van der Waals surface area contributed by atoms with Crippen LogP contribution in [-0.2, 0) is 4.79 Å². The van der Waals surface area contributed by atoms with Crippen molar-refractivity contribution in [1.82, 2.24) is 10.2 Å². The molecule has 0 aliphatic rings. The molecular formula is C10H17F3N2O3. The van der Waals surface area contributed by atoms with Crippen LogP contribution >= 0.6 is 0 Å². The fraction of sp³-hybridized carbons (Fsp3) is 0.800. The summed E-state index contributed by atoms with van der Waals surface area (Å²) in [6.45, 7) is 1.24. The van der Waals surface area contributed by atoms with Crippen LogP contribution in [-0.4, -0.2) is 47.8 Å². The van der Waals surface area contributed by atoms with Crippen molar-refractivity contribution in [3.8, 4) is 0 Å². The van der Waals surface area contributed by atoms with Gasteiger partial charge in [-0.25, -0.2) is 9.59 Å². The zero-order valence-electron chi connectivity index (χ0n) is 10.3. The monoisotopic (exact) mass is 270 g/mol. The molecule has 0 aliphatic carbocycles. The van der Waals surface area contributed by atoms with Crippen LogP contribution in [0.4, 0.5) is 18.0 Å². The van der Waals surface area contributed by atoms with Crippen LogP contribution < -0.4 is 5.32 Å². The number of hydrogen-bond donors (Lipinski definition) is 2. The highest BCUT2D eigenvalue weighted by molar-refractivity contribution is 5.82. The van der Waals surface area contributed by atoms with Crippen molar-refractivity contribution in [3.05, 3.63) is 0 Å². The van der Waals surface area contributed by atoms with Crippen molar-refractivity contribution in [2.75, 3.05) is 13.6 Å². The largest absolute Gasteiger partial charge is 0.480 e. The Morgan fingerprint density at radius 1 is 1.39 bits per heavy atom. The molecule has 0 saturated carbocycles. The first-order valence-corrected chi connectivity index (χ1v) is 5.48. The molecule has 2 amide bonds. The molecule has 2 N–H and O–H groups in total. The zero-order chi connectivity index (χ0) is 14.3. The number of carboxylic acids is 1. The lowest BCUT2D eigenvalue weighted by atomic mass is 10.2. The zero-order valence-corrected chi connectivity index (χ0v) is 10.3. The Morgan fingerprint density at radius 3 is 2.33 bits per heavy atom. The van der Waals surface area contributed by atoms with Gasteiger partial charge in [0.25, 0.3) is 0 Å². The number of carboxylic acid groups (broad SMARTS) is 1. The second kappa shape index (κ2) is 7.07. The third-order valence-corrected chi connectivity index (χ3v) is 2.25. The maximum atomic E-state index is 11.9. The predicted octanol–water partition coefficient (Wildman–Crippen LogP) is 1.83. The van der Waals surface area contributed by atoms with E-state index in [9.17, 15) is 22.8 Å². The number of carbonyl (C=O) groups is 2. The van der Waals surface area contributed by atoms with E-state index in [1.165, 1.54) is 7.05 Å². The van der Waals surface area contributed by atoms with E-state index in [4.69, 9.17) is 5.11 Å². The van der Waals surface area contributed by atoms with Crippen LogP contribution in [0, 0.1) is 0 Å². The number of nitrogens with zero attached hydrogens (tertiary/aromatic N) is 1. The van der Waals surface area contributed by atoms with Crippen molar-refractivity contribution in [2.45, 2.75) is 38.4 Å². The van der Waals surface area contributed by atoms with Gasteiger partial charge in [-0.05, 0) is 6.42 Å². The Hall–Kier alpha value is -1.47. The van der Waals surface area contributed by atoms with Crippen LogP contribution in [0.1, 0.15) is 26.2 Å². The predicted molar refractivity (Wildman–Crippen MR) is 58.2 cm³/mol. The summed E-state index contributed by atoms with van der Waals surface area (Å²) in [5.41, 5.74) is 0. The van der Waals surface area contributed by atoms with Crippen LogP contribution in [0.5, 0.6) is 0 Å². The third kappa shape index (κ3) is 6.97. The SMILES string of the molecule is CCCC(NC(=O)N(C)CCC(F)(F)F)C(=O)O. The van der Waals surface area contributed by atoms with Gasteiger partial charge >= 0.3 is 18.2 Å². The average molecular weight is 270 g/mol. The van der Waals surface area contributed by atoms with E-state index >= 15 is 0 Å². The second-order valence-corrected chi connectivity index (χ2v) is 3.92. The number of urea groups is 1. The van der Waals surface area contributed by atoms with Gasteiger partial charge in [0.05, 0.1) is 6.42 Å². The molecule has 0 aromatic rings. The first-order valence-electron chi connectivity index (χ1n) is 5.48. The number of nitrogens with one attached hydrogen (secondary N) is 1. The standard InChI is InChI=1S/C10H17F3N2O3/c1-3-4-7(8(16)17)14-9(18)15(2)6-5-10(11,12)13/h7H,3-6H2,1-2H3,(H,14,18)(H,16,17). The molecule has 106 valence electrons. The molecule has 5 nitrogen and oxygen atoms in total. The van der Waals surface area contributed by atoms with E-state index in [1.807, 2.05) is 0 Å². The topological polar surface area (TPSA) is 69.6 Å². The van der Waals surface area contributed by atoms with Gasteiger partial charge in [-0.3, -0.25) is 0 Å². The first kappa shape index (κ1) is 16.5. The summed E-state index contributed by atoms with van der Waals surface area (Å²) in [6, 6.07) is -1.89. The van der Waals surface area contributed by atoms with Gasteiger partial charge in [-0.1, -0.05) is 13.3 Å². The molecule has 0 aliphatic heterocycles. The van der Waals surface area contributed by atoms with E-state index in [0.29, 0.717) is 6.42 Å². The maximum absolute atomic E-state index is 11.9. The quantitative estimate of drug-likeness (QED) is 0.773. The van der Waals surface area contributed by atoms with Gasteiger partial charge in [0.15, 0.2) is 0 Å². The number of hydrogen-bond acceptors (Lipinski definition) is 2. The molecule has 0 bridgehead atoms. The van der Waals surface area contributed by atoms with Crippen molar-refractivity contribution >= 4 is 12.0 Å². The van der Waals surface area contributed by atoms with E-state index in [0.717, 1.165) is 4.90 Å². The van der Waals surface area contributed by atoms with Gasteiger partial charge in [0.2, 0.25) is 0 Å². The summed E-state index contributed by atoms with van der Waals surface area (Å²) in [5.74, 6) is -1.20. The molecule has 18 heavy (non-hydrogen) atoms. The molecule has 1 unspecified atom stereocenters. The molecule has 1 atom stereocenters. The Balaban J connectivity index is 4.24. The van der Waals surface area contributed by atoms with Crippen molar-refractivity contribution < 1.29 is 27.9 Å². The second-order valence-electron chi connectivity index (χ2n) is 3.92. The molecule has 8 heteroatoms. The van der Waals surface area contributed by atoms with Gasteiger partial charge in [0.1, 0.15) is 6.04 Å². The summed E-state index contributed by atoms with van der Waals surface area (Å²) in [5, 5.41) is 11.0. The lowest BCUT2D eigenvalue weighted by Crippen LogP contribution is -2.47. The normalized spacial score (nSPS) is 12.9. The minimum atomic E-state index is -4.34.